The lowest BCUT2D eigenvalue weighted by Gasteiger charge is -2.42. The normalized spacial score (nSPS) is 27.1. The van der Waals surface area contributed by atoms with Crippen molar-refractivity contribution in [2.75, 3.05) is 19.6 Å². The topological polar surface area (TPSA) is 49.4 Å². The van der Waals surface area contributed by atoms with Gasteiger partial charge < -0.3 is 10.2 Å². The molecule has 0 spiro atoms. The monoisotopic (exact) mass is 306 g/mol. The molecule has 4 heteroatoms. The van der Waals surface area contributed by atoms with E-state index in [1.165, 1.54) is 32.1 Å². The van der Waals surface area contributed by atoms with Crippen LogP contribution in [0.1, 0.15) is 64.7 Å². The zero-order valence-electron chi connectivity index (χ0n) is 13.9. The summed E-state index contributed by atoms with van der Waals surface area (Å²) in [7, 11) is 0. The lowest BCUT2D eigenvalue weighted by atomic mass is 9.66. The second-order valence-electron chi connectivity index (χ2n) is 7.72. The summed E-state index contributed by atoms with van der Waals surface area (Å²) in [5.41, 5.74) is 0.378. The van der Waals surface area contributed by atoms with E-state index in [0.29, 0.717) is 17.9 Å². The molecular formula is C18H30N2O2. The fourth-order valence-corrected chi connectivity index (χ4v) is 4.12. The quantitative estimate of drug-likeness (QED) is 0.820. The predicted molar refractivity (Wildman–Crippen MR) is 86.2 cm³/mol. The van der Waals surface area contributed by atoms with E-state index in [2.05, 4.69) is 12.2 Å². The van der Waals surface area contributed by atoms with Crippen LogP contribution in [0.15, 0.2) is 0 Å². The van der Waals surface area contributed by atoms with Crippen LogP contribution in [0.5, 0.6) is 0 Å². The summed E-state index contributed by atoms with van der Waals surface area (Å²) in [4.78, 5) is 26.6. The number of carbonyl (C=O) groups is 2. The molecule has 1 saturated heterocycles. The van der Waals surface area contributed by atoms with Crippen molar-refractivity contribution in [1.82, 2.24) is 10.2 Å². The molecule has 1 aliphatic heterocycles. The molecule has 0 radical (unpaired) electrons. The first-order valence-corrected chi connectivity index (χ1v) is 9.20. The zero-order valence-corrected chi connectivity index (χ0v) is 13.9. The van der Waals surface area contributed by atoms with Gasteiger partial charge in [0, 0.05) is 25.6 Å². The zero-order chi connectivity index (χ0) is 15.6. The average molecular weight is 306 g/mol. The van der Waals surface area contributed by atoms with Crippen LogP contribution in [0.25, 0.3) is 0 Å². The van der Waals surface area contributed by atoms with Gasteiger partial charge in [0.15, 0.2) is 0 Å². The van der Waals surface area contributed by atoms with Gasteiger partial charge in [0.25, 0.3) is 0 Å². The maximum Gasteiger partial charge on any atom is 0.225 e. The first-order valence-electron chi connectivity index (χ1n) is 9.20. The number of hydrogen-bond acceptors (Lipinski definition) is 2. The van der Waals surface area contributed by atoms with Crippen molar-refractivity contribution < 1.29 is 9.59 Å². The van der Waals surface area contributed by atoms with Gasteiger partial charge in [0.05, 0.1) is 5.92 Å². The second-order valence-corrected chi connectivity index (χ2v) is 7.72. The number of carbonyl (C=O) groups excluding carboxylic acids is 2. The van der Waals surface area contributed by atoms with E-state index in [1.54, 1.807) is 0 Å². The molecule has 2 amide bonds. The standard InChI is InChI=1S/C18H30N2O2/c1-2-8-18(9-4-10-18)13-19-16(21)15-5-3-11-20(12-15)17(22)14-6-7-14/h14-15H,2-13H2,1H3,(H,19,21)/t15-/m1/s1. The molecule has 0 aromatic rings. The Morgan fingerprint density at radius 1 is 1.14 bits per heavy atom. The van der Waals surface area contributed by atoms with Crippen LogP contribution >= 0.6 is 0 Å². The van der Waals surface area contributed by atoms with Crippen molar-refractivity contribution in [1.29, 1.82) is 0 Å². The minimum Gasteiger partial charge on any atom is -0.355 e. The van der Waals surface area contributed by atoms with Gasteiger partial charge in [0.1, 0.15) is 0 Å². The molecule has 2 saturated carbocycles. The summed E-state index contributed by atoms with van der Waals surface area (Å²) in [6.07, 6.45) is 10.3. The van der Waals surface area contributed by atoms with E-state index in [1.807, 2.05) is 4.90 Å². The molecule has 1 atom stereocenters. The molecule has 2 aliphatic carbocycles. The number of nitrogens with zero attached hydrogens (tertiary/aromatic N) is 1. The van der Waals surface area contributed by atoms with Crippen molar-refractivity contribution >= 4 is 11.8 Å². The Bertz CT molecular complexity index is 427. The van der Waals surface area contributed by atoms with E-state index in [9.17, 15) is 9.59 Å². The highest BCUT2D eigenvalue weighted by atomic mass is 16.2. The van der Waals surface area contributed by atoms with Crippen molar-refractivity contribution in [2.24, 2.45) is 17.3 Å². The van der Waals surface area contributed by atoms with E-state index in [0.717, 1.165) is 38.8 Å². The van der Waals surface area contributed by atoms with Gasteiger partial charge in [-0.3, -0.25) is 9.59 Å². The molecule has 4 nitrogen and oxygen atoms in total. The molecule has 124 valence electrons. The summed E-state index contributed by atoms with van der Waals surface area (Å²) in [5.74, 6) is 0.745. The minimum atomic E-state index is 0.00945. The minimum absolute atomic E-state index is 0.00945. The van der Waals surface area contributed by atoms with E-state index >= 15 is 0 Å². The maximum atomic E-state index is 12.5. The Labute approximate surface area is 134 Å². The first-order chi connectivity index (χ1) is 10.6. The third-order valence-electron chi connectivity index (χ3n) is 5.86. The van der Waals surface area contributed by atoms with Crippen LogP contribution in [0.2, 0.25) is 0 Å². The van der Waals surface area contributed by atoms with E-state index < -0.39 is 0 Å². The molecule has 3 fully saturated rings. The number of hydrogen-bond donors (Lipinski definition) is 1. The van der Waals surface area contributed by atoms with Gasteiger partial charge in [-0.2, -0.15) is 0 Å². The van der Waals surface area contributed by atoms with Gasteiger partial charge in [-0.1, -0.05) is 19.8 Å². The molecular weight excluding hydrogens is 276 g/mol. The SMILES string of the molecule is CCCC1(CNC(=O)[C@@H]2CCCN(C(=O)C3CC3)C2)CCC1. The highest BCUT2D eigenvalue weighted by molar-refractivity contribution is 5.83. The van der Waals surface area contributed by atoms with E-state index in [-0.39, 0.29) is 17.7 Å². The summed E-state index contributed by atoms with van der Waals surface area (Å²) >= 11 is 0. The molecule has 1 N–H and O–H groups in total. The van der Waals surface area contributed by atoms with Gasteiger partial charge in [-0.25, -0.2) is 0 Å². The number of nitrogens with one attached hydrogen (secondary N) is 1. The smallest absolute Gasteiger partial charge is 0.225 e. The van der Waals surface area contributed by atoms with Crippen molar-refractivity contribution in [2.45, 2.75) is 64.7 Å². The molecule has 3 aliphatic rings. The van der Waals surface area contributed by atoms with Crippen molar-refractivity contribution in [3.63, 3.8) is 0 Å². The summed E-state index contributed by atoms with van der Waals surface area (Å²) in [6, 6.07) is 0. The average Bonchev–Trinajstić information content (AvgIpc) is 3.33. The van der Waals surface area contributed by atoms with Gasteiger partial charge in [-0.15, -0.1) is 0 Å². The van der Waals surface area contributed by atoms with Gasteiger partial charge in [-0.05, 0) is 50.4 Å². The van der Waals surface area contributed by atoms with Crippen LogP contribution in [0.3, 0.4) is 0 Å². The third kappa shape index (κ3) is 3.47. The lowest BCUT2D eigenvalue weighted by Crippen LogP contribution is -2.49. The molecule has 22 heavy (non-hydrogen) atoms. The third-order valence-corrected chi connectivity index (χ3v) is 5.86. The van der Waals surface area contributed by atoms with E-state index in [4.69, 9.17) is 0 Å². The number of rotatable bonds is 6. The highest BCUT2D eigenvalue weighted by Gasteiger charge is 2.39. The fourth-order valence-electron chi connectivity index (χ4n) is 4.12. The van der Waals surface area contributed by atoms with Crippen LogP contribution in [0, 0.1) is 17.3 Å². The Morgan fingerprint density at radius 3 is 2.50 bits per heavy atom. The van der Waals surface area contributed by atoms with Crippen molar-refractivity contribution in [3.05, 3.63) is 0 Å². The number of piperidine rings is 1. The molecule has 0 aromatic carbocycles. The molecule has 1 heterocycles. The number of likely N-dealkylation sites (tertiary alicyclic amines) is 1. The lowest BCUT2D eigenvalue weighted by molar-refractivity contribution is -0.137. The summed E-state index contributed by atoms with van der Waals surface area (Å²) < 4.78 is 0. The Balaban J connectivity index is 1.48. The van der Waals surface area contributed by atoms with Crippen LogP contribution in [0.4, 0.5) is 0 Å². The Morgan fingerprint density at radius 2 is 1.91 bits per heavy atom. The highest BCUT2D eigenvalue weighted by Crippen LogP contribution is 2.44. The predicted octanol–water partition coefficient (Wildman–Crippen LogP) is 2.72. The van der Waals surface area contributed by atoms with Crippen LogP contribution < -0.4 is 5.32 Å². The molecule has 3 rings (SSSR count). The van der Waals surface area contributed by atoms with Crippen LogP contribution in [-0.2, 0) is 9.59 Å². The summed E-state index contributed by atoms with van der Waals surface area (Å²) in [5, 5.41) is 3.21. The summed E-state index contributed by atoms with van der Waals surface area (Å²) in [6.45, 7) is 4.55. The second kappa shape index (κ2) is 6.59. The Hall–Kier alpha value is -1.06. The molecule has 0 aromatic heterocycles. The van der Waals surface area contributed by atoms with Gasteiger partial charge >= 0.3 is 0 Å². The first kappa shape index (κ1) is 15.8. The molecule has 0 bridgehead atoms. The Kier molecular flexibility index (Phi) is 4.74. The van der Waals surface area contributed by atoms with Crippen molar-refractivity contribution in [3.8, 4) is 0 Å². The van der Waals surface area contributed by atoms with Crippen LogP contribution in [-0.4, -0.2) is 36.3 Å². The number of amides is 2. The maximum absolute atomic E-state index is 12.5. The fraction of sp³-hybridized carbons (Fsp3) is 0.889. The molecule has 0 unspecified atom stereocenters. The largest absolute Gasteiger partial charge is 0.355 e. The van der Waals surface area contributed by atoms with Gasteiger partial charge in [0.2, 0.25) is 11.8 Å².